The number of hydrogen-bond acceptors (Lipinski definition) is 2. The van der Waals surface area contributed by atoms with Gasteiger partial charge < -0.3 is 5.73 Å². The molecule has 1 aliphatic heterocycles. The second-order valence-electron chi connectivity index (χ2n) is 2.94. The van der Waals surface area contributed by atoms with Crippen LogP contribution in [0, 0.1) is 0 Å². The average molecular weight is 153 g/mol. The predicted octanol–water partition coefficient (Wildman–Crippen LogP) is 1.31. The van der Waals surface area contributed by atoms with E-state index in [9.17, 15) is 0 Å². The van der Waals surface area contributed by atoms with Crippen molar-refractivity contribution in [3.8, 4) is 0 Å². The Morgan fingerprint density at radius 3 is 2.80 bits per heavy atom. The summed E-state index contributed by atoms with van der Waals surface area (Å²) in [6.07, 6.45) is 8.44. The van der Waals surface area contributed by atoms with Crippen LogP contribution in [0.5, 0.6) is 0 Å². The minimum atomic E-state index is -0.0284. The Hall–Kier alpha value is -0.210. The first kappa shape index (κ1) is 6.50. The maximum atomic E-state index is 6.09. The summed E-state index contributed by atoms with van der Waals surface area (Å²) >= 11 is 1.95. The van der Waals surface area contributed by atoms with Gasteiger partial charge in [0.15, 0.2) is 0 Å². The van der Waals surface area contributed by atoms with Crippen LogP contribution in [0.1, 0.15) is 6.92 Å². The lowest BCUT2D eigenvalue weighted by atomic mass is 9.87. The highest BCUT2D eigenvalue weighted by molar-refractivity contribution is 8.02. The van der Waals surface area contributed by atoms with Crippen molar-refractivity contribution in [3.05, 3.63) is 24.3 Å². The van der Waals surface area contributed by atoms with Crippen molar-refractivity contribution in [1.82, 2.24) is 0 Å². The maximum Gasteiger partial charge on any atom is 0.0616 e. The lowest BCUT2D eigenvalue weighted by molar-refractivity contribution is 0.495. The first-order chi connectivity index (χ1) is 4.73. The molecule has 2 N–H and O–H groups in total. The van der Waals surface area contributed by atoms with Crippen molar-refractivity contribution >= 4 is 11.8 Å². The van der Waals surface area contributed by atoms with Crippen molar-refractivity contribution < 1.29 is 0 Å². The molecule has 0 radical (unpaired) electrons. The fourth-order valence-electron chi connectivity index (χ4n) is 1.44. The molecule has 0 spiro atoms. The molecule has 2 unspecified atom stereocenters. The molecular weight excluding hydrogens is 142 g/mol. The van der Waals surface area contributed by atoms with Crippen LogP contribution in [0.25, 0.3) is 0 Å². The van der Waals surface area contributed by atoms with Gasteiger partial charge in [0.1, 0.15) is 0 Å². The monoisotopic (exact) mass is 153 g/mol. The molecule has 2 rings (SSSR count). The normalized spacial score (nSPS) is 50.2. The lowest BCUT2D eigenvalue weighted by Gasteiger charge is -2.49. The van der Waals surface area contributed by atoms with E-state index in [1.54, 1.807) is 0 Å². The Morgan fingerprint density at radius 1 is 1.50 bits per heavy atom. The minimum absolute atomic E-state index is 0.0284. The molecule has 1 nitrogen and oxygen atoms in total. The third-order valence-corrected chi connectivity index (χ3v) is 4.00. The molecule has 0 aromatic carbocycles. The Labute approximate surface area is 65.4 Å². The number of rotatable bonds is 0. The molecule has 1 heterocycles. The van der Waals surface area contributed by atoms with Crippen LogP contribution in [0.4, 0.5) is 0 Å². The van der Waals surface area contributed by atoms with Gasteiger partial charge in [-0.25, -0.2) is 0 Å². The standard InChI is InChI=1S/C8H11NS/c1-6-8(9)5-3-2-4-7(8)10-6/h2-7H,9H2,1H3/t6-,7?,8?/m1/s1. The molecule has 3 atom stereocenters. The number of nitrogens with two attached hydrogens (primary N) is 1. The van der Waals surface area contributed by atoms with E-state index in [1.807, 2.05) is 17.8 Å². The average Bonchev–Trinajstić information content (AvgIpc) is 1.93. The molecule has 0 amide bonds. The maximum absolute atomic E-state index is 6.09. The van der Waals surface area contributed by atoms with Gasteiger partial charge in [-0.2, -0.15) is 0 Å². The summed E-state index contributed by atoms with van der Waals surface area (Å²) in [5.41, 5.74) is 6.06. The highest BCUT2D eigenvalue weighted by Gasteiger charge is 2.48. The van der Waals surface area contributed by atoms with E-state index in [1.165, 1.54) is 0 Å². The molecule has 2 aliphatic rings. The topological polar surface area (TPSA) is 26.0 Å². The summed E-state index contributed by atoms with van der Waals surface area (Å²) in [4.78, 5) is 0. The summed E-state index contributed by atoms with van der Waals surface area (Å²) in [5.74, 6) is 0. The molecule has 1 saturated heterocycles. The molecule has 0 aromatic heterocycles. The molecule has 1 aliphatic carbocycles. The lowest BCUT2D eigenvalue weighted by Crippen LogP contribution is -2.62. The zero-order chi connectivity index (χ0) is 7.19. The molecule has 1 fully saturated rings. The van der Waals surface area contributed by atoms with E-state index in [-0.39, 0.29) is 5.54 Å². The van der Waals surface area contributed by atoms with Crippen LogP contribution in [0.3, 0.4) is 0 Å². The second-order valence-corrected chi connectivity index (χ2v) is 4.43. The van der Waals surface area contributed by atoms with E-state index in [4.69, 9.17) is 5.73 Å². The van der Waals surface area contributed by atoms with Crippen molar-refractivity contribution in [2.24, 2.45) is 5.73 Å². The number of hydrogen-bond donors (Lipinski definition) is 1. The Bertz CT molecular complexity index is 209. The van der Waals surface area contributed by atoms with Gasteiger partial charge in [0, 0.05) is 10.5 Å². The van der Waals surface area contributed by atoms with Gasteiger partial charge in [-0.3, -0.25) is 0 Å². The molecule has 0 saturated carbocycles. The van der Waals surface area contributed by atoms with Crippen LogP contribution >= 0.6 is 11.8 Å². The summed E-state index contributed by atoms with van der Waals surface area (Å²) < 4.78 is 0. The molecule has 10 heavy (non-hydrogen) atoms. The van der Waals surface area contributed by atoms with Gasteiger partial charge in [-0.1, -0.05) is 31.2 Å². The van der Waals surface area contributed by atoms with Gasteiger partial charge in [0.25, 0.3) is 0 Å². The molecular formula is C8H11NS. The van der Waals surface area contributed by atoms with Crippen molar-refractivity contribution in [3.63, 3.8) is 0 Å². The molecule has 0 aromatic rings. The highest BCUT2D eigenvalue weighted by Crippen LogP contribution is 2.46. The third-order valence-electron chi connectivity index (χ3n) is 2.33. The smallest absolute Gasteiger partial charge is 0.0616 e. The van der Waals surface area contributed by atoms with Crippen LogP contribution in [0.15, 0.2) is 24.3 Å². The Kier molecular flexibility index (Phi) is 1.23. The Morgan fingerprint density at radius 2 is 2.30 bits per heavy atom. The van der Waals surface area contributed by atoms with E-state index in [0.717, 1.165) is 0 Å². The highest BCUT2D eigenvalue weighted by atomic mass is 32.2. The predicted molar refractivity (Wildman–Crippen MR) is 46.0 cm³/mol. The van der Waals surface area contributed by atoms with Crippen LogP contribution in [-0.4, -0.2) is 16.0 Å². The van der Waals surface area contributed by atoms with Gasteiger partial charge >= 0.3 is 0 Å². The third kappa shape index (κ3) is 0.635. The molecule has 54 valence electrons. The summed E-state index contributed by atoms with van der Waals surface area (Å²) in [6, 6.07) is 0. The number of fused-ring (bicyclic) bond motifs is 1. The SMILES string of the molecule is C[C@H]1SC2C=CC=CC21N. The Balaban J connectivity index is 2.27. The van der Waals surface area contributed by atoms with Crippen LogP contribution in [0.2, 0.25) is 0 Å². The van der Waals surface area contributed by atoms with E-state index < -0.39 is 0 Å². The first-order valence-corrected chi connectivity index (χ1v) is 4.48. The van der Waals surface area contributed by atoms with Gasteiger partial charge in [-0.15, -0.1) is 11.8 Å². The largest absolute Gasteiger partial charge is 0.320 e. The number of thioether (sulfide) groups is 1. The van der Waals surface area contributed by atoms with Crippen LogP contribution < -0.4 is 5.73 Å². The van der Waals surface area contributed by atoms with E-state index in [2.05, 4.69) is 25.2 Å². The second kappa shape index (κ2) is 1.89. The molecule has 0 bridgehead atoms. The van der Waals surface area contributed by atoms with Gasteiger partial charge in [-0.05, 0) is 0 Å². The quantitative estimate of drug-likeness (QED) is 0.568. The fourth-order valence-corrected chi connectivity index (χ4v) is 2.82. The zero-order valence-electron chi connectivity index (χ0n) is 5.95. The number of allylic oxidation sites excluding steroid dienone is 2. The minimum Gasteiger partial charge on any atom is -0.320 e. The van der Waals surface area contributed by atoms with Crippen molar-refractivity contribution in [2.45, 2.75) is 23.0 Å². The van der Waals surface area contributed by atoms with Gasteiger partial charge in [0.05, 0.1) is 5.54 Å². The van der Waals surface area contributed by atoms with Crippen LogP contribution in [-0.2, 0) is 0 Å². The van der Waals surface area contributed by atoms with Gasteiger partial charge in [0.2, 0.25) is 0 Å². The van der Waals surface area contributed by atoms with Crippen molar-refractivity contribution in [2.75, 3.05) is 0 Å². The summed E-state index contributed by atoms with van der Waals surface area (Å²) in [5, 5.41) is 1.12. The molecule has 2 heteroatoms. The van der Waals surface area contributed by atoms with E-state index >= 15 is 0 Å². The van der Waals surface area contributed by atoms with E-state index in [0.29, 0.717) is 10.5 Å². The summed E-state index contributed by atoms with van der Waals surface area (Å²) in [7, 11) is 0. The zero-order valence-corrected chi connectivity index (χ0v) is 6.77. The first-order valence-electron chi connectivity index (χ1n) is 3.54. The van der Waals surface area contributed by atoms with Crippen molar-refractivity contribution in [1.29, 1.82) is 0 Å². The fraction of sp³-hybridized carbons (Fsp3) is 0.500. The summed E-state index contributed by atoms with van der Waals surface area (Å²) in [6.45, 7) is 2.19.